The standard InChI is InChI=1S/C22H19NO3/c1-13-3-6-15-11-17-18(16(15)9-13)12-21(24)23-20-7-4-14(10-19(17)20)5-8-22(25)26-2/h3-10H,11-12H2,1-2H3,(H,23,24)/b8-5-. The summed E-state index contributed by atoms with van der Waals surface area (Å²) < 4.78 is 4.65. The number of allylic oxidation sites excluding steroid dienone is 1. The summed E-state index contributed by atoms with van der Waals surface area (Å²) in [5.41, 5.74) is 8.66. The number of hydrogen-bond donors (Lipinski definition) is 1. The van der Waals surface area contributed by atoms with E-state index in [0.717, 1.165) is 28.8 Å². The van der Waals surface area contributed by atoms with Gasteiger partial charge in [-0.2, -0.15) is 0 Å². The molecule has 1 amide bonds. The largest absolute Gasteiger partial charge is 0.466 e. The molecule has 0 unspecified atom stereocenters. The van der Waals surface area contributed by atoms with Gasteiger partial charge in [-0.1, -0.05) is 29.8 Å². The van der Waals surface area contributed by atoms with E-state index >= 15 is 0 Å². The Morgan fingerprint density at radius 2 is 1.88 bits per heavy atom. The van der Waals surface area contributed by atoms with E-state index in [4.69, 9.17) is 0 Å². The highest BCUT2D eigenvalue weighted by Crippen LogP contribution is 2.44. The zero-order valence-electron chi connectivity index (χ0n) is 14.8. The van der Waals surface area contributed by atoms with Gasteiger partial charge < -0.3 is 10.1 Å². The van der Waals surface area contributed by atoms with Crippen LogP contribution in [0.15, 0.2) is 42.5 Å². The van der Waals surface area contributed by atoms with Crippen LogP contribution in [-0.4, -0.2) is 19.0 Å². The molecule has 0 atom stereocenters. The molecule has 0 saturated heterocycles. The lowest BCUT2D eigenvalue weighted by atomic mass is 9.96. The van der Waals surface area contributed by atoms with Crippen molar-refractivity contribution in [2.24, 2.45) is 0 Å². The third-order valence-corrected chi connectivity index (χ3v) is 4.92. The summed E-state index contributed by atoms with van der Waals surface area (Å²) in [5.74, 6) is -0.389. The van der Waals surface area contributed by atoms with E-state index < -0.39 is 5.97 Å². The number of rotatable bonds is 2. The van der Waals surface area contributed by atoms with Gasteiger partial charge in [0.25, 0.3) is 0 Å². The van der Waals surface area contributed by atoms with Crippen molar-refractivity contribution in [2.45, 2.75) is 19.8 Å². The van der Waals surface area contributed by atoms with Crippen LogP contribution in [0, 0.1) is 6.92 Å². The van der Waals surface area contributed by atoms with Crippen molar-refractivity contribution in [3.05, 3.63) is 70.3 Å². The number of ether oxygens (including phenoxy) is 1. The van der Waals surface area contributed by atoms with Crippen LogP contribution in [0.5, 0.6) is 0 Å². The topological polar surface area (TPSA) is 55.4 Å². The molecule has 1 heterocycles. The van der Waals surface area contributed by atoms with Gasteiger partial charge in [-0.3, -0.25) is 4.79 Å². The van der Waals surface area contributed by atoms with Gasteiger partial charge in [0.15, 0.2) is 0 Å². The average Bonchev–Trinajstić information content (AvgIpc) is 2.90. The minimum atomic E-state index is -0.392. The number of aryl methyl sites for hydroxylation is 1. The van der Waals surface area contributed by atoms with Crippen LogP contribution in [0.25, 0.3) is 17.2 Å². The van der Waals surface area contributed by atoms with Gasteiger partial charge in [0.1, 0.15) is 0 Å². The smallest absolute Gasteiger partial charge is 0.330 e. The van der Waals surface area contributed by atoms with Crippen molar-refractivity contribution in [1.82, 2.24) is 0 Å². The highest BCUT2D eigenvalue weighted by Gasteiger charge is 2.28. The van der Waals surface area contributed by atoms with E-state index in [-0.39, 0.29) is 5.91 Å². The molecule has 4 rings (SSSR count). The molecule has 4 nitrogen and oxygen atoms in total. The second kappa shape index (κ2) is 6.30. The number of fused-ring (bicyclic) bond motifs is 4. The number of amides is 1. The van der Waals surface area contributed by atoms with Crippen molar-refractivity contribution in [2.75, 3.05) is 12.4 Å². The summed E-state index contributed by atoms with van der Waals surface area (Å²) >= 11 is 0. The second-order valence-electron chi connectivity index (χ2n) is 6.68. The van der Waals surface area contributed by atoms with Crippen molar-refractivity contribution >= 4 is 34.8 Å². The van der Waals surface area contributed by atoms with Gasteiger partial charge in [0, 0.05) is 17.3 Å². The van der Waals surface area contributed by atoms with Gasteiger partial charge in [-0.25, -0.2) is 4.79 Å². The van der Waals surface area contributed by atoms with E-state index in [0.29, 0.717) is 6.42 Å². The molecular weight excluding hydrogens is 326 g/mol. The monoisotopic (exact) mass is 345 g/mol. The molecular formula is C22H19NO3. The maximum Gasteiger partial charge on any atom is 0.330 e. The van der Waals surface area contributed by atoms with Gasteiger partial charge in [-0.05, 0) is 59.4 Å². The van der Waals surface area contributed by atoms with Crippen LogP contribution in [0.4, 0.5) is 5.69 Å². The molecule has 0 radical (unpaired) electrons. The number of esters is 1. The van der Waals surface area contributed by atoms with Crippen molar-refractivity contribution < 1.29 is 14.3 Å². The Balaban J connectivity index is 1.82. The molecule has 0 spiro atoms. The Labute approximate surface area is 152 Å². The SMILES string of the molecule is COC(=O)/C=C\c1ccc2c(c1)C1=C(CC(=O)N2)c2cc(C)ccc2C1. The zero-order chi connectivity index (χ0) is 18.3. The molecule has 2 aliphatic rings. The summed E-state index contributed by atoms with van der Waals surface area (Å²) in [7, 11) is 1.36. The lowest BCUT2D eigenvalue weighted by Crippen LogP contribution is -2.11. The van der Waals surface area contributed by atoms with Crippen LogP contribution in [0.3, 0.4) is 0 Å². The summed E-state index contributed by atoms with van der Waals surface area (Å²) in [6.45, 7) is 2.07. The number of methoxy groups -OCH3 is 1. The molecule has 26 heavy (non-hydrogen) atoms. The number of anilines is 1. The fraction of sp³-hybridized carbons (Fsp3) is 0.182. The predicted octanol–water partition coefficient (Wildman–Crippen LogP) is 3.99. The molecule has 4 heteroatoms. The number of carbonyl (C=O) groups is 2. The molecule has 1 N–H and O–H groups in total. The van der Waals surface area contributed by atoms with Crippen molar-refractivity contribution in [3.63, 3.8) is 0 Å². The minimum absolute atomic E-state index is 0.00320. The number of hydrogen-bond acceptors (Lipinski definition) is 3. The van der Waals surface area contributed by atoms with E-state index in [9.17, 15) is 9.59 Å². The molecule has 1 aliphatic carbocycles. The predicted molar refractivity (Wildman–Crippen MR) is 102 cm³/mol. The average molecular weight is 345 g/mol. The van der Waals surface area contributed by atoms with Gasteiger partial charge in [0.05, 0.1) is 13.5 Å². The van der Waals surface area contributed by atoms with Crippen LogP contribution in [0.1, 0.15) is 34.2 Å². The third kappa shape index (κ3) is 2.84. The number of carbonyl (C=O) groups excluding carboxylic acids is 2. The summed E-state index contributed by atoms with van der Waals surface area (Å²) in [5, 5.41) is 3.00. The van der Waals surface area contributed by atoms with Crippen LogP contribution < -0.4 is 5.32 Å². The number of nitrogens with one attached hydrogen (secondary N) is 1. The zero-order valence-corrected chi connectivity index (χ0v) is 14.8. The first kappa shape index (κ1) is 16.3. The van der Waals surface area contributed by atoms with Gasteiger partial charge in [0.2, 0.25) is 5.91 Å². The molecule has 1 aliphatic heterocycles. The van der Waals surface area contributed by atoms with E-state index in [1.54, 1.807) is 6.08 Å². The molecule has 2 aromatic rings. The molecule has 0 aromatic heterocycles. The van der Waals surface area contributed by atoms with E-state index in [1.165, 1.54) is 35.4 Å². The maximum atomic E-state index is 12.4. The quantitative estimate of drug-likeness (QED) is 0.661. The molecule has 0 fully saturated rings. The van der Waals surface area contributed by atoms with Crippen LogP contribution in [0.2, 0.25) is 0 Å². The lowest BCUT2D eigenvalue weighted by Gasteiger charge is -2.11. The first-order valence-corrected chi connectivity index (χ1v) is 8.57. The summed E-state index contributed by atoms with van der Waals surface area (Å²) in [6, 6.07) is 12.2. The molecule has 2 aromatic carbocycles. The first-order chi connectivity index (χ1) is 12.5. The summed E-state index contributed by atoms with van der Waals surface area (Å²) in [6.07, 6.45) is 4.33. The fourth-order valence-electron chi connectivity index (χ4n) is 3.66. The lowest BCUT2D eigenvalue weighted by molar-refractivity contribution is -0.134. The minimum Gasteiger partial charge on any atom is -0.466 e. The van der Waals surface area contributed by atoms with Gasteiger partial charge >= 0.3 is 5.97 Å². The Morgan fingerprint density at radius 3 is 2.69 bits per heavy atom. The Morgan fingerprint density at radius 1 is 1.08 bits per heavy atom. The molecule has 130 valence electrons. The van der Waals surface area contributed by atoms with E-state index in [1.807, 2.05) is 18.2 Å². The van der Waals surface area contributed by atoms with Crippen molar-refractivity contribution in [3.8, 4) is 0 Å². The molecule has 0 bridgehead atoms. The first-order valence-electron chi connectivity index (χ1n) is 8.57. The van der Waals surface area contributed by atoms with E-state index in [2.05, 4.69) is 35.2 Å². The highest BCUT2D eigenvalue weighted by atomic mass is 16.5. The third-order valence-electron chi connectivity index (χ3n) is 4.92. The van der Waals surface area contributed by atoms with Crippen LogP contribution in [-0.2, 0) is 20.7 Å². The summed E-state index contributed by atoms with van der Waals surface area (Å²) in [4.78, 5) is 23.8. The fourth-order valence-corrected chi connectivity index (χ4v) is 3.66. The maximum absolute atomic E-state index is 12.4. The Kier molecular flexibility index (Phi) is 3.96. The van der Waals surface area contributed by atoms with Crippen LogP contribution >= 0.6 is 0 Å². The Hall–Kier alpha value is -3.14. The second-order valence-corrected chi connectivity index (χ2v) is 6.68. The highest BCUT2D eigenvalue weighted by molar-refractivity contribution is 6.12. The number of benzene rings is 2. The van der Waals surface area contributed by atoms with Gasteiger partial charge in [-0.15, -0.1) is 0 Å². The normalized spacial score (nSPS) is 15.2. The van der Waals surface area contributed by atoms with Crippen molar-refractivity contribution in [1.29, 1.82) is 0 Å². The Bertz CT molecular complexity index is 998. The molecule has 0 saturated carbocycles.